The molecule has 0 saturated heterocycles. The summed E-state index contributed by atoms with van der Waals surface area (Å²) in [6.07, 6.45) is 1.06. The zero-order chi connectivity index (χ0) is 4.28. The van der Waals surface area contributed by atoms with Crippen molar-refractivity contribution in [1.29, 1.82) is 0 Å². The third-order valence-corrected chi connectivity index (χ3v) is 0.201. The molecule has 0 bridgehead atoms. The van der Waals surface area contributed by atoms with Gasteiger partial charge in [-0.1, -0.05) is 6.58 Å². The molecule has 0 radical (unpaired) electrons. The topological polar surface area (TPSA) is 76.6 Å². The molecular weight excluding hydrogens is 103 g/mol. The van der Waals surface area contributed by atoms with Crippen LogP contribution in [0.2, 0.25) is 0 Å². The van der Waals surface area contributed by atoms with E-state index in [0.717, 1.165) is 6.08 Å². The molecule has 0 aromatic carbocycles. The van der Waals surface area contributed by atoms with E-state index in [-0.39, 0.29) is 35.7 Å². The molecule has 0 unspecified atom stereocenters. The second-order valence-corrected chi connectivity index (χ2v) is 0.606. The number of amides is 1. The molecule has 0 aliphatic heterocycles. The summed E-state index contributed by atoms with van der Waals surface area (Å²) >= 11 is 0. The molecule has 3 nitrogen and oxygen atoms in total. The van der Waals surface area contributed by atoms with Crippen molar-refractivity contribution in [2.75, 3.05) is 0 Å². The van der Waals surface area contributed by atoms with Gasteiger partial charge in [-0.15, -0.1) is 0 Å². The van der Waals surface area contributed by atoms with Gasteiger partial charge in [-0.25, -0.2) is 0 Å². The Morgan fingerprint density at radius 2 is 1.86 bits per heavy atom. The Kier molecular flexibility index (Phi) is 21.3. The van der Waals surface area contributed by atoms with Crippen molar-refractivity contribution >= 4 is 5.91 Å². The summed E-state index contributed by atoms with van der Waals surface area (Å²) in [4.78, 5) is 9.47. The average molecular weight is 110 g/mol. The number of hydrogen-bond acceptors (Lipinski definition) is 1. The summed E-state index contributed by atoms with van der Waals surface area (Å²) in [5.41, 5.74) is 4.53. The summed E-state index contributed by atoms with van der Waals surface area (Å²) in [6, 6.07) is 0. The van der Waals surface area contributed by atoms with Crippen LogP contribution < -0.4 is 35.3 Å². The number of primary amides is 1. The Labute approximate surface area is 64.8 Å². The zero-order valence-electron chi connectivity index (χ0n) is 4.35. The minimum absolute atomic E-state index is 0. The molecule has 0 aliphatic carbocycles. The normalized spacial score (nSPS) is 4.57. The van der Waals surface area contributed by atoms with Crippen molar-refractivity contribution in [3.63, 3.8) is 0 Å². The van der Waals surface area contributed by atoms with Gasteiger partial charge < -0.3 is 11.9 Å². The minimum Gasteiger partial charge on any atom is -0.693 e. The fourth-order valence-electron chi connectivity index (χ4n) is 0. The number of carbonyl (C=O) groups is 1. The fourth-order valence-corrected chi connectivity index (χ4v) is 0. The average Bonchev–Trinajstić information content (AvgIpc) is 1.38. The van der Waals surface area contributed by atoms with Crippen LogP contribution in [-0.4, -0.2) is 5.91 Å². The van der Waals surface area contributed by atoms with Crippen molar-refractivity contribution in [3.05, 3.63) is 18.8 Å². The Morgan fingerprint density at radius 3 is 1.86 bits per heavy atom. The quantitative estimate of drug-likeness (QED) is 0.291. The third-order valence-electron chi connectivity index (χ3n) is 0.201. The molecule has 0 aromatic rings. The van der Waals surface area contributed by atoms with Crippen LogP contribution >= 0.6 is 0 Å². The molecule has 0 atom stereocenters. The molecule has 4 N–H and O–H groups in total. The van der Waals surface area contributed by atoms with Gasteiger partial charge >= 0.3 is 29.6 Å². The molecule has 0 heterocycles. The molecule has 7 heavy (non-hydrogen) atoms. The van der Waals surface area contributed by atoms with Crippen LogP contribution in [-0.2, 0) is 4.79 Å². The molecule has 0 rings (SSSR count). The van der Waals surface area contributed by atoms with E-state index in [1.807, 2.05) is 0 Å². The number of carbonyl (C=O) groups excluding carboxylic acids is 1. The Morgan fingerprint density at radius 1 is 1.71 bits per heavy atom. The van der Waals surface area contributed by atoms with Crippen LogP contribution in [0, 0.1) is 0 Å². The minimum atomic E-state index is -0.481. The smallest absolute Gasteiger partial charge is 0.693 e. The second kappa shape index (κ2) is 9.48. The van der Waals surface area contributed by atoms with Crippen molar-refractivity contribution in [1.82, 2.24) is 0 Å². The van der Waals surface area contributed by atoms with E-state index in [4.69, 9.17) is 0 Å². The molecule has 0 saturated carbocycles. The summed E-state index contributed by atoms with van der Waals surface area (Å²) < 4.78 is 0. The Hall–Kier alpha value is 0.170. The van der Waals surface area contributed by atoms with Gasteiger partial charge in [0.1, 0.15) is 0 Å². The predicted molar refractivity (Wildman–Crippen MR) is 24.7 cm³/mol. The second-order valence-electron chi connectivity index (χ2n) is 0.606. The SMILES string of the molecule is C=CC(N)=O.[NH2-].[Na+]. The molecule has 36 valence electrons. The zero-order valence-corrected chi connectivity index (χ0v) is 6.35. The van der Waals surface area contributed by atoms with E-state index in [0.29, 0.717) is 0 Å². The molecule has 0 spiro atoms. The molecular formula is C3H7N2NaO. The van der Waals surface area contributed by atoms with Gasteiger partial charge in [0.2, 0.25) is 5.91 Å². The summed E-state index contributed by atoms with van der Waals surface area (Å²) in [6.45, 7) is 3.09. The first-order valence-corrected chi connectivity index (χ1v) is 1.19. The van der Waals surface area contributed by atoms with E-state index in [1.54, 1.807) is 0 Å². The van der Waals surface area contributed by atoms with E-state index in [2.05, 4.69) is 12.3 Å². The van der Waals surface area contributed by atoms with E-state index < -0.39 is 5.91 Å². The number of hydrogen-bond donors (Lipinski definition) is 1. The first-order valence-electron chi connectivity index (χ1n) is 1.19. The van der Waals surface area contributed by atoms with Crippen LogP contribution in [0.3, 0.4) is 0 Å². The van der Waals surface area contributed by atoms with Crippen LogP contribution in [0.4, 0.5) is 0 Å². The van der Waals surface area contributed by atoms with Crippen molar-refractivity contribution in [2.45, 2.75) is 0 Å². The van der Waals surface area contributed by atoms with E-state index in [9.17, 15) is 4.79 Å². The Balaban J connectivity index is -0.0000000800. The van der Waals surface area contributed by atoms with Crippen molar-refractivity contribution in [2.24, 2.45) is 5.73 Å². The molecule has 0 aliphatic rings. The third kappa shape index (κ3) is 22.8. The number of nitrogens with two attached hydrogens (primary N) is 2. The largest absolute Gasteiger partial charge is 1.00 e. The van der Waals surface area contributed by atoms with Crippen LogP contribution in [0.5, 0.6) is 0 Å². The van der Waals surface area contributed by atoms with Gasteiger partial charge in [0.05, 0.1) is 0 Å². The van der Waals surface area contributed by atoms with Gasteiger partial charge in [0.25, 0.3) is 0 Å². The first-order chi connectivity index (χ1) is 2.27. The molecule has 1 amide bonds. The van der Waals surface area contributed by atoms with Crippen molar-refractivity contribution < 1.29 is 34.4 Å². The van der Waals surface area contributed by atoms with Crippen LogP contribution in [0.15, 0.2) is 12.7 Å². The summed E-state index contributed by atoms with van der Waals surface area (Å²) in [5, 5.41) is 0. The van der Waals surface area contributed by atoms with Crippen LogP contribution in [0.1, 0.15) is 0 Å². The predicted octanol–water partition coefficient (Wildman–Crippen LogP) is -2.62. The fraction of sp³-hybridized carbons (Fsp3) is 0. The maximum atomic E-state index is 9.47. The maximum absolute atomic E-state index is 9.47. The molecule has 0 fully saturated rings. The molecule has 4 heteroatoms. The first kappa shape index (κ1) is 15.7. The Bertz CT molecular complexity index is 64.0. The van der Waals surface area contributed by atoms with Gasteiger partial charge in [-0.3, -0.25) is 4.79 Å². The monoisotopic (exact) mass is 110 g/mol. The standard InChI is InChI=1S/C3H5NO.H2N.Na/c1-2-3(4)5;;/h2H,1H2,(H2,4,5);1H2;/q;-1;+1. The van der Waals surface area contributed by atoms with Gasteiger partial charge in [0.15, 0.2) is 0 Å². The van der Waals surface area contributed by atoms with E-state index >= 15 is 0 Å². The van der Waals surface area contributed by atoms with Gasteiger partial charge in [0, 0.05) is 0 Å². The molecule has 0 aromatic heterocycles. The number of rotatable bonds is 1. The van der Waals surface area contributed by atoms with E-state index in [1.165, 1.54) is 0 Å². The van der Waals surface area contributed by atoms with Gasteiger partial charge in [-0.2, -0.15) is 0 Å². The summed E-state index contributed by atoms with van der Waals surface area (Å²) in [7, 11) is 0. The van der Waals surface area contributed by atoms with Crippen molar-refractivity contribution in [3.8, 4) is 0 Å². The van der Waals surface area contributed by atoms with Crippen LogP contribution in [0.25, 0.3) is 6.15 Å². The maximum Gasteiger partial charge on any atom is 1.00 e. The van der Waals surface area contributed by atoms with Gasteiger partial charge in [-0.05, 0) is 6.08 Å². The summed E-state index contributed by atoms with van der Waals surface area (Å²) in [5.74, 6) is -0.481.